The molecule has 134 valence electrons. The lowest BCUT2D eigenvalue weighted by Gasteiger charge is -2.33. The lowest BCUT2D eigenvalue weighted by Crippen LogP contribution is -2.40. The fourth-order valence-electron chi connectivity index (χ4n) is 3.55. The van der Waals surface area contributed by atoms with Crippen LogP contribution in [0.2, 0.25) is 0 Å². The number of hydrogen-bond acceptors (Lipinski definition) is 5. The third kappa shape index (κ3) is 3.29. The standard InChI is InChI=1S/C20H22N4OS/c1-2-22-20(25)15-5-10-24(11-6-15)18-13-17(14-3-8-21-9-4-14)23-16-7-12-26-19(16)18/h3-4,7-9,12-13,15H,2,5-6,10-11H2,1H3,(H,22,25). The van der Waals surface area contributed by atoms with E-state index in [2.05, 4.69) is 32.7 Å². The molecular formula is C20H22N4OS. The quantitative estimate of drug-likeness (QED) is 0.765. The predicted molar refractivity (Wildman–Crippen MR) is 106 cm³/mol. The van der Waals surface area contributed by atoms with Gasteiger partial charge in [0, 0.05) is 43.5 Å². The maximum atomic E-state index is 12.1. The first-order valence-electron chi connectivity index (χ1n) is 9.07. The van der Waals surface area contributed by atoms with Crippen LogP contribution in [-0.2, 0) is 4.79 Å². The zero-order valence-electron chi connectivity index (χ0n) is 14.8. The summed E-state index contributed by atoms with van der Waals surface area (Å²) in [5, 5.41) is 5.05. The molecule has 0 bridgehead atoms. The van der Waals surface area contributed by atoms with Gasteiger partial charge in [-0.2, -0.15) is 0 Å². The summed E-state index contributed by atoms with van der Waals surface area (Å²) in [4.78, 5) is 23.4. The smallest absolute Gasteiger partial charge is 0.223 e. The van der Waals surface area contributed by atoms with Crippen LogP contribution in [0.15, 0.2) is 42.0 Å². The van der Waals surface area contributed by atoms with Crippen LogP contribution in [0.25, 0.3) is 21.5 Å². The topological polar surface area (TPSA) is 58.1 Å². The summed E-state index contributed by atoms with van der Waals surface area (Å²) in [5.74, 6) is 0.326. The Labute approximate surface area is 157 Å². The first kappa shape index (κ1) is 17.0. The molecule has 1 amide bonds. The molecule has 0 radical (unpaired) electrons. The summed E-state index contributed by atoms with van der Waals surface area (Å²) in [5.41, 5.74) is 4.31. The van der Waals surface area contributed by atoms with Gasteiger partial charge in [-0.3, -0.25) is 9.78 Å². The van der Waals surface area contributed by atoms with Crippen molar-refractivity contribution in [3.8, 4) is 11.3 Å². The minimum atomic E-state index is 0.131. The molecule has 4 rings (SSSR count). The fourth-order valence-corrected chi connectivity index (χ4v) is 4.42. The van der Waals surface area contributed by atoms with Crippen LogP contribution in [0.5, 0.6) is 0 Å². The van der Waals surface area contributed by atoms with Gasteiger partial charge in [0.15, 0.2) is 0 Å². The summed E-state index contributed by atoms with van der Waals surface area (Å²) < 4.78 is 1.22. The SMILES string of the molecule is CCNC(=O)C1CCN(c2cc(-c3ccncc3)nc3ccsc23)CC1. The van der Waals surface area contributed by atoms with Gasteiger partial charge >= 0.3 is 0 Å². The Morgan fingerprint density at radius 2 is 2.04 bits per heavy atom. The van der Waals surface area contributed by atoms with E-state index in [-0.39, 0.29) is 11.8 Å². The molecule has 0 saturated carbocycles. The van der Waals surface area contributed by atoms with Crippen molar-refractivity contribution in [2.75, 3.05) is 24.5 Å². The number of fused-ring (bicyclic) bond motifs is 1. The minimum absolute atomic E-state index is 0.131. The number of piperidine rings is 1. The van der Waals surface area contributed by atoms with Crippen LogP contribution in [-0.4, -0.2) is 35.5 Å². The summed E-state index contributed by atoms with van der Waals surface area (Å²) >= 11 is 1.73. The Balaban J connectivity index is 1.62. The van der Waals surface area contributed by atoms with Gasteiger partial charge in [-0.25, -0.2) is 4.98 Å². The second kappa shape index (κ2) is 7.41. The zero-order chi connectivity index (χ0) is 17.9. The van der Waals surface area contributed by atoms with Crippen molar-refractivity contribution in [1.29, 1.82) is 0 Å². The van der Waals surface area contributed by atoms with Gasteiger partial charge in [0.1, 0.15) is 0 Å². The number of thiophene rings is 1. The van der Waals surface area contributed by atoms with E-state index in [9.17, 15) is 4.79 Å². The van der Waals surface area contributed by atoms with Crippen LogP contribution in [0.4, 0.5) is 5.69 Å². The lowest BCUT2D eigenvalue weighted by atomic mass is 9.95. The number of carbonyl (C=O) groups is 1. The first-order valence-corrected chi connectivity index (χ1v) is 9.95. The molecule has 3 aromatic heterocycles. The van der Waals surface area contributed by atoms with Crippen LogP contribution < -0.4 is 10.2 Å². The number of rotatable bonds is 4. The molecule has 4 heterocycles. The highest BCUT2D eigenvalue weighted by Gasteiger charge is 2.26. The van der Waals surface area contributed by atoms with Crippen molar-refractivity contribution in [3.05, 3.63) is 42.0 Å². The van der Waals surface area contributed by atoms with Gasteiger partial charge in [0.05, 0.1) is 21.6 Å². The van der Waals surface area contributed by atoms with Gasteiger partial charge in [0.25, 0.3) is 0 Å². The Kier molecular flexibility index (Phi) is 4.84. The van der Waals surface area contributed by atoms with E-state index < -0.39 is 0 Å². The first-order chi connectivity index (χ1) is 12.8. The molecule has 6 heteroatoms. The molecule has 1 fully saturated rings. The summed E-state index contributed by atoms with van der Waals surface area (Å²) in [6.45, 7) is 4.47. The number of nitrogens with zero attached hydrogens (tertiary/aromatic N) is 3. The molecule has 5 nitrogen and oxygen atoms in total. The van der Waals surface area contributed by atoms with E-state index in [0.717, 1.165) is 42.7 Å². The monoisotopic (exact) mass is 366 g/mol. The molecule has 26 heavy (non-hydrogen) atoms. The van der Waals surface area contributed by atoms with E-state index in [1.807, 2.05) is 19.1 Å². The van der Waals surface area contributed by atoms with Crippen molar-refractivity contribution in [2.24, 2.45) is 5.92 Å². The highest BCUT2D eigenvalue weighted by atomic mass is 32.1. The van der Waals surface area contributed by atoms with Crippen LogP contribution >= 0.6 is 11.3 Å². The van der Waals surface area contributed by atoms with Crippen molar-refractivity contribution in [1.82, 2.24) is 15.3 Å². The molecule has 0 aliphatic carbocycles. The second-order valence-electron chi connectivity index (χ2n) is 6.55. The maximum absolute atomic E-state index is 12.1. The third-order valence-electron chi connectivity index (χ3n) is 4.92. The number of amides is 1. The maximum Gasteiger partial charge on any atom is 0.223 e. The molecule has 0 aromatic carbocycles. The van der Waals surface area contributed by atoms with Crippen LogP contribution in [0, 0.1) is 5.92 Å². The largest absolute Gasteiger partial charge is 0.370 e. The molecule has 1 aliphatic rings. The minimum Gasteiger partial charge on any atom is -0.370 e. The molecule has 0 spiro atoms. The average molecular weight is 366 g/mol. The molecular weight excluding hydrogens is 344 g/mol. The van der Waals surface area contributed by atoms with Crippen LogP contribution in [0.1, 0.15) is 19.8 Å². The Morgan fingerprint density at radius 3 is 2.77 bits per heavy atom. The number of carbonyl (C=O) groups excluding carboxylic acids is 1. The predicted octanol–water partition coefficient (Wildman–Crippen LogP) is 3.71. The highest BCUT2D eigenvalue weighted by Crippen LogP contribution is 2.36. The molecule has 1 aliphatic heterocycles. The summed E-state index contributed by atoms with van der Waals surface area (Å²) in [6, 6.07) is 8.24. The van der Waals surface area contributed by atoms with Crippen molar-refractivity contribution < 1.29 is 4.79 Å². The summed E-state index contributed by atoms with van der Waals surface area (Å²) in [7, 11) is 0. The van der Waals surface area contributed by atoms with E-state index in [4.69, 9.17) is 4.98 Å². The van der Waals surface area contributed by atoms with Gasteiger partial charge in [-0.1, -0.05) is 0 Å². The molecule has 3 aromatic rings. The average Bonchev–Trinajstić information content (AvgIpc) is 3.17. The van der Waals surface area contributed by atoms with Gasteiger partial charge in [-0.05, 0) is 49.4 Å². The lowest BCUT2D eigenvalue weighted by molar-refractivity contribution is -0.125. The summed E-state index contributed by atoms with van der Waals surface area (Å²) in [6.07, 6.45) is 5.38. The number of pyridine rings is 2. The Hall–Kier alpha value is -2.47. The second-order valence-corrected chi connectivity index (χ2v) is 7.47. The normalized spacial score (nSPS) is 15.3. The van der Waals surface area contributed by atoms with E-state index in [1.165, 1.54) is 10.4 Å². The van der Waals surface area contributed by atoms with Gasteiger partial charge < -0.3 is 10.2 Å². The fraction of sp³-hybridized carbons (Fsp3) is 0.350. The van der Waals surface area contributed by atoms with E-state index in [1.54, 1.807) is 23.7 Å². The van der Waals surface area contributed by atoms with Gasteiger partial charge in [-0.15, -0.1) is 11.3 Å². The van der Waals surface area contributed by atoms with Crippen molar-refractivity contribution in [2.45, 2.75) is 19.8 Å². The number of aromatic nitrogens is 2. The van der Waals surface area contributed by atoms with E-state index in [0.29, 0.717) is 6.54 Å². The number of anilines is 1. The Morgan fingerprint density at radius 1 is 1.27 bits per heavy atom. The number of hydrogen-bond donors (Lipinski definition) is 1. The van der Waals surface area contributed by atoms with Gasteiger partial charge in [0.2, 0.25) is 5.91 Å². The third-order valence-corrected chi connectivity index (χ3v) is 5.85. The molecule has 0 atom stereocenters. The molecule has 1 N–H and O–H groups in total. The Bertz CT molecular complexity index is 901. The molecule has 0 unspecified atom stereocenters. The van der Waals surface area contributed by atoms with Crippen LogP contribution in [0.3, 0.4) is 0 Å². The van der Waals surface area contributed by atoms with Crippen molar-refractivity contribution in [3.63, 3.8) is 0 Å². The highest BCUT2D eigenvalue weighted by molar-refractivity contribution is 7.17. The zero-order valence-corrected chi connectivity index (χ0v) is 15.6. The number of nitrogens with one attached hydrogen (secondary N) is 1. The van der Waals surface area contributed by atoms with E-state index >= 15 is 0 Å². The molecule has 1 saturated heterocycles. The van der Waals surface area contributed by atoms with Crippen molar-refractivity contribution >= 4 is 33.1 Å².